The van der Waals surface area contributed by atoms with Crippen LogP contribution < -0.4 is 10.1 Å². The largest absolute Gasteiger partial charge is 0.493 e. The highest BCUT2D eigenvalue weighted by Crippen LogP contribution is 2.20. The molecule has 24 heavy (non-hydrogen) atoms. The molecule has 0 radical (unpaired) electrons. The topological polar surface area (TPSA) is 54.5 Å². The summed E-state index contributed by atoms with van der Waals surface area (Å²) in [5.41, 5.74) is 0.157. The van der Waals surface area contributed by atoms with Gasteiger partial charge in [-0.15, -0.1) is 0 Å². The maximum atomic E-state index is 13.5. The van der Waals surface area contributed by atoms with Crippen LogP contribution in [-0.2, 0) is 0 Å². The second-order valence-electron chi connectivity index (χ2n) is 5.84. The van der Waals surface area contributed by atoms with Crippen molar-refractivity contribution in [3.05, 3.63) is 54.6 Å². The number of halogens is 1. The van der Waals surface area contributed by atoms with Crippen LogP contribution in [0.5, 0.6) is 5.75 Å². The number of piperidine rings is 1. The number of nitrogens with one attached hydrogen (secondary N) is 1. The standard InChI is InChI=1S/C18H20FN3O2/c19-16-12-20-9-6-17(16)21-18(23)22-10-7-14(8-11-22)13-24-15-4-2-1-3-5-15/h1-6,9,12,14H,7-8,10-11,13H2,(H,20,21,23). The molecule has 0 atom stereocenters. The predicted molar refractivity (Wildman–Crippen MR) is 89.4 cm³/mol. The highest BCUT2D eigenvalue weighted by atomic mass is 19.1. The number of likely N-dealkylation sites (tertiary alicyclic amines) is 1. The van der Waals surface area contributed by atoms with Crippen molar-refractivity contribution in [3.63, 3.8) is 0 Å². The van der Waals surface area contributed by atoms with Gasteiger partial charge in [-0.2, -0.15) is 0 Å². The first-order valence-electron chi connectivity index (χ1n) is 8.05. The second-order valence-corrected chi connectivity index (χ2v) is 5.84. The number of urea groups is 1. The fourth-order valence-corrected chi connectivity index (χ4v) is 2.70. The minimum atomic E-state index is -0.531. The molecule has 1 fully saturated rings. The number of carbonyl (C=O) groups is 1. The van der Waals surface area contributed by atoms with E-state index in [1.54, 1.807) is 4.90 Å². The summed E-state index contributed by atoms with van der Waals surface area (Å²) in [6, 6.07) is 10.9. The van der Waals surface area contributed by atoms with Gasteiger partial charge in [-0.05, 0) is 37.0 Å². The van der Waals surface area contributed by atoms with Crippen LogP contribution in [0.1, 0.15) is 12.8 Å². The Balaban J connectivity index is 1.44. The smallest absolute Gasteiger partial charge is 0.321 e. The molecule has 1 saturated heterocycles. The second kappa shape index (κ2) is 7.77. The highest BCUT2D eigenvalue weighted by molar-refractivity contribution is 5.89. The first kappa shape index (κ1) is 16.2. The number of aromatic nitrogens is 1. The fraction of sp³-hybridized carbons (Fsp3) is 0.333. The van der Waals surface area contributed by atoms with Gasteiger partial charge >= 0.3 is 6.03 Å². The number of ether oxygens (including phenoxy) is 1. The first-order chi connectivity index (χ1) is 11.7. The molecule has 1 N–H and O–H groups in total. The number of benzene rings is 1. The molecule has 0 unspecified atom stereocenters. The molecule has 1 aliphatic rings. The van der Waals surface area contributed by atoms with Crippen molar-refractivity contribution >= 4 is 11.7 Å². The molecule has 0 bridgehead atoms. The van der Waals surface area contributed by atoms with Crippen LogP contribution in [0.25, 0.3) is 0 Å². The average Bonchev–Trinajstić information content (AvgIpc) is 2.63. The molecule has 2 heterocycles. The normalized spacial score (nSPS) is 15.1. The Labute approximate surface area is 140 Å². The molecule has 126 valence electrons. The van der Waals surface area contributed by atoms with E-state index < -0.39 is 5.82 Å². The van der Waals surface area contributed by atoms with Gasteiger partial charge in [0.25, 0.3) is 0 Å². The number of pyridine rings is 1. The van der Waals surface area contributed by atoms with Gasteiger partial charge < -0.3 is 15.0 Å². The zero-order valence-corrected chi connectivity index (χ0v) is 13.3. The van der Waals surface area contributed by atoms with Crippen LogP contribution in [0.15, 0.2) is 48.8 Å². The monoisotopic (exact) mass is 329 g/mol. The molecular formula is C18H20FN3O2. The molecule has 1 aromatic heterocycles. The number of para-hydroxylation sites is 1. The van der Waals surface area contributed by atoms with Gasteiger partial charge in [0, 0.05) is 19.3 Å². The maximum Gasteiger partial charge on any atom is 0.321 e. The van der Waals surface area contributed by atoms with Crippen molar-refractivity contribution in [1.29, 1.82) is 0 Å². The zero-order valence-electron chi connectivity index (χ0n) is 13.3. The molecule has 5 nitrogen and oxygen atoms in total. The summed E-state index contributed by atoms with van der Waals surface area (Å²) < 4.78 is 19.3. The number of amides is 2. The molecule has 1 aliphatic heterocycles. The summed E-state index contributed by atoms with van der Waals surface area (Å²) in [5, 5.41) is 2.59. The molecule has 1 aromatic carbocycles. The van der Waals surface area contributed by atoms with Crippen LogP contribution in [-0.4, -0.2) is 35.6 Å². The Bertz CT molecular complexity index is 673. The summed E-state index contributed by atoms with van der Waals surface area (Å²) in [6.07, 6.45) is 4.28. The van der Waals surface area contributed by atoms with E-state index in [9.17, 15) is 9.18 Å². The SMILES string of the molecule is O=C(Nc1ccncc1F)N1CCC(COc2ccccc2)CC1. The molecule has 0 spiro atoms. The summed E-state index contributed by atoms with van der Waals surface area (Å²) in [7, 11) is 0. The van der Waals surface area contributed by atoms with E-state index in [0.717, 1.165) is 24.8 Å². The minimum Gasteiger partial charge on any atom is -0.493 e. The third-order valence-electron chi connectivity index (χ3n) is 4.14. The van der Waals surface area contributed by atoms with Crippen molar-refractivity contribution in [1.82, 2.24) is 9.88 Å². The van der Waals surface area contributed by atoms with E-state index in [1.165, 1.54) is 12.3 Å². The van der Waals surface area contributed by atoms with Gasteiger partial charge in [0.2, 0.25) is 0 Å². The lowest BCUT2D eigenvalue weighted by atomic mass is 9.98. The number of hydrogen-bond donors (Lipinski definition) is 1. The molecular weight excluding hydrogens is 309 g/mol. The minimum absolute atomic E-state index is 0.157. The van der Waals surface area contributed by atoms with Gasteiger partial charge in [0.05, 0.1) is 18.5 Å². The van der Waals surface area contributed by atoms with Crippen molar-refractivity contribution < 1.29 is 13.9 Å². The molecule has 2 amide bonds. The van der Waals surface area contributed by atoms with Crippen molar-refractivity contribution in [2.24, 2.45) is 5.92 Å². The van der Waals surface area contributed by atoms with Crippen LogP contribution in [0, 0.1) is 11.7 Å². The van der Waals surface area contributed by atoms with Gasteiger partial charge in [0.15, 0.2) is 5.82 Å². The van der Waals surface area contributed by atoms with E-state index in [0.29, 0.717) is 25.6 Å². The Morgan fingerprint density at radius 3 is 2.71 bits per heavy atom. The van der Waals surface area contributed by atoms with Crippen LogP contribution in [0.4, 0.5) is 14.9 Å². The van der Waals surface area contributed by atoms with Crippen LogP contribution >= 0.6 is 0 Å². The lowest BCUT2D eigenvalue weighted by molar-refractivity contribution is 0.152. The van der Waals surface area contributed by atoms with Gasteiger partial charge in [-0.3, -0.25) is 4.98 Å². The number of hydrogen-bond acceptors (Lipinski definition) is 3. The fourth-order valence-electron chi connectivity index (χ4n) is 2.70. The third kappa shape index (κ3) is 4.22. The molecule has 0 aliphatic carbocycles. The first-order valence-corrected chi connectivity index (χ1v) is 8.05. The van der Waals surface area contributed by atoms with E-state index >= 15 is 0 Å². The summed E-state index contributed by atoms with van der Waals surface area (Å²) >= 11 is 0. The molecule has 2 aromatic rings. The Hall–Kier alpha value is -2.63. The Morgan fingerprint density at radius 1 is 1.25 bits per heavy atom. The van der Waals surface area contributed by atoms with Crippen molar-refractivity contribution in [2.45, 2.75) is 12.8 Å². The number of rotatable bonds is 4. The van der Waals surface area contributed by atoms with Crippen LogP contribution in [0.3, 0.4) is 0 Å². The Morgan fingerprint density at radius 2 is 2.00 bits per heavy atom. The zero-order chi connectivity index (χ0) is 16.8. The Kier molecular flexibility index (Phi) is 5.25. The molecule has 6 heteroatoms. The van der Waals surface area contributed by atoms with E-state index in [1.807, 2.05) is 30.3 Å². The van der Waals surface area contributed by atoms with E-state index in [-0.39, 0.29) is 11.7 Å². The van der Waals surface area contributed by atoms with Crippen LogP contribution in [0.2, 0.25) is 0 Å². The van der Waals surface area contributed by atoms with Crippen molar-refractivity contribution in [2.75, 3.05) is 25.0 Å². The lowest BCUT2D eigenvalue weighted by Gasteiger charge is -2.31. The average molecular weight is 329 g/mol. The van der Waals surface area contributed by atoms with Gasteiger partial charge in [-0.25, -0.2) is 9.18 Å². The molecule has 0 saturated carbocycles. The lowest BCUT2D eigenvalue weighted by Crippen LogP contribution is -2.42. The summed E-state index contributed by atoms with van der Waals surface area (Å²) in [5.74, 6) is 0.759. The third-order valence-corrected chi connectivity index (χ3v) is 4.14. The van der Waals surface area contributed by atoms with E-state index in [4.69, 9.17) is 4.74 Å². The molecule has 3 rings (SSSR count). The number of anilines is 1. The van der Waals surface area contributed by atoms with E-state index in [2.05, 4.69) is 10.3 Å². The summed E-state index contributed by atoms with van der Waals surface area (Å²) in [6.45, 7) is 1.93. The van der Waals surface area contributed by atoms with Crippen molar-refractivity contribution in [3.8, 4) is 5.75 Å². The van der Waals surface area contributed by atoms with Gasteiger partial charge in [-0.1, -0.05) is 18.2 Å². The quantitative estimate of drug-likeness (QED) is 0.933. The highest BCUT2D eigenvalue weighted by Gasteiger charge is 2.23. The number of carbonyl (C=O) groups excluding carboxylic acids is 1. The predicted octanol–water partition coefficient (Wildman–Crippen LogP) is 3.54. The maximum absolute atomic E-state index is 13.5. The summed E-state index contributed by atoms with van der Waals surface area (Å²) in [4.78, 5) is 17.6. The number of nitrogens with zero attached hydrogens (tertiary/aromatic N) is 2. The van der Waals surface area contributed by atoms with Gasteiger partial charge in [0.1, 0.15) is 5.75 Å².